The van der Waals surface area contributed by atoms with E-state index in [1.165, 1.54) is 11.1 Å². The van der Waals surface area contributed by atoms with E-state index in [1.807, 2.05) is 19.2 Å². The first-order valence-corrected chi connectivity index (χ1v) is 7.26. The Labute approximate surface area is 124 Å². The highest BCUT2D eigenvalue weighted by molar-refractivity contribution is 6.30. The predicted molar refractivity (Wildman–Crippen MR) is 83.7 cm³/mol. The van der Waals surface area contributed by atoms with Crippen molar-refractivity contribution in [2.24, 2.45) is 0 Å². The summed E-state index contributed by atoms with van der Waals surface area (Å²) < 4.78 is 6.12. The molecular weight excluding hydrogens is 270 g/mol. The zero-order valence-electron chi connectivity index (χ0n) is 11.7. The summed E-state index contributed by atoms with van der Waals surface area (Å²) in [6, 6.07) is 12.3. The van der Waals surface area contributed by atoms with Crippen LogP contribution in [0.4, 0.5) is 0 Å². The van der Waals surface area contributed by atoms with E-state index in [-0.39, 0.29) is 6.10 Å². The maximum atomic E-state index is 6.15. The zero-order valence-corrected chi connectivity index (χ0v) is 12.5. The monoisotopic (exact) mass is 287 g/mol. The molecule has 0 radical (unpaired) electrons. The molecule has 1 atom stereocenters. The van der Waals surface area contributed by atoms with Gasteiger partial charge in [-0.2, -0.15) is 0 Å². The van der Waals surface area contributed by atoms with E-state index in [0.717, 1.165) is 34.9 Å². The third-order valence-electron chi connectivity index (χ3n) is 3.75. The lowest BCUT2D eigenvalue weighted by Crippen LogP contribution is -2.27. The van der Waals surface area contributed by atoms with Gasteiger partial charge >= 0.3 is 0 Å². The van der Waals surface area contributed by atoms with Gasteiger partial charge in [-0.3, -0.25) is 0 Å². The first-order valence-electron chi connectivity index (χ1n) is 6.88. The van der Waals surface area contributed by atoms with Crippen LogP contribution in [0.15, 0.2) is 36.4 Å². The van der Waals surface area contributed by atoms with E-state index in [2.05, 4.69) is 36.5 Å². The minimum atomic E-state index is 0.218. The average molecular weight is 288 g/mol. The summed E-state index contributed by atoms with van der Waals surface area (Å²) in [7, 11) is 1.95. The second-order valence-electron chi connectivity index (χ2n) is 5.25. The van der Waals surface area contributed by atoms with Crippen molar-refractivity contribution in [2.45, 2.75) is 19.4 Å². The third-order valence-corrected chi connectivity index (χ3v) is 3.99. The summed E-state index contributed by atoms with van der Waals surface area (Å²) in [4.78, 5) is 0. The summed E-state index contributed by atoms with van der Waals surface area (Å²) in [5.74, 6) is 1.01. The van der Waals surface area contributed by atoms with Crippen molar-refractivity contribution in [3.63, 3.8) is 0 Å². The van der Waals surface area contributed by atoms with E-state index in [1.54, 1.807) is 0 Å². The maximum absolute atomic E-state index is 6.15. The molecule has 2 aromatic rings. The fourth-order valence-electron chi connectivity index (χ4n) is 2.78. The van der Waals surface area contributed by atoms with Crippen LogP contribution >= 0.6 is 11.6 Å². The van der Waals surface area contributed by atoms with Gasteiger partial charge in [0.1, 0.15) is 11.9 Å². The third kappa shape index (κ3) is 2.41. The molecule has 3 heteroatoms. The molecule has 3 rings (SSSR count). The van der Waals surface area contributed by atoms with E-state index in [9.17, 15) is 0 Å². The van der Waals surface area contributed by atoms with Crippen LogP contribution < -0.4 is 10.1 Å². The molecule has 104 valence electrons. The van der Waals surface area contributed by atoms with E-state index < -0.39 is 0 Å². The normalized spacial score (nSPS) is 16.9. The lowest BCUT2D eigenvalue weighted by Gasteiger charge is -2.13. The molecule has 1 N–H and O–H groups in total. The molecule has 1 unspecified atom stereocenters. The molecule has 0 aliphatic carbocycles. The van der Waals surface area contributed by atoms with Gasteiger partial charge in [0.05, 0.1) is 0 Å². The Morgan fingerprint density at radius 2 is 2.10 bits per heavy atom. The number of halogens is 1. The van der Waals surface area contributed by atoms with Crippen molar-refractivity contribution in [3.05, 3.63) is 52.5 Å². The Hall–Kier alpha value is -1.51. The number of fused-ring (bicyclic) bond motifs is 1. The van der Waals surface area contributed by atoms with Crippen LogP contribution in [-0.2, 0) is 6.42 Å². The average Bonchev–Trinajstić information content (AvgIpc) is 2.84. The van der Waals surface area contributed by atoms with E-state index >= 15 is 0 Å². The number of nitrogens with one attached hydrogen (secondary N) is 1. The Morgan fingerprint density at radius 3 is 2.90 bits per heavy atom. The standard InChI is InChI=1S/C17H18ClNO/c1-11-6-7-13(18)9-16(11)15-5-3-4-12-8-14(10-19-2)20-17(12)15/h3-7,9,14,19H,8,10H2,1-2H3. The fourth-order valence-corrected chi connectivity index (χ4v) is 2.95. The molecule has 1 heterocycles. The van der Waals surface area contributed by atoms with Crippen molar-refractivity contribution < 1.29 is 4.74 Å². The highest BCUT2D eigenvalue weighted by atomic mass is 35.5. The smallest absolute Gasteiger partial charge is 0.130 e. The lowest BCUT2D eigenvalue weighted by atomic mass is 9.97. The van der Waals surface area contributed by atoms with Crippen LogP contribution in [0.1, 0.15) is 11.1 Å². The number of hydrogen-bond acceptors (Lipinski definition) is 2. The fraction of sp³-hybridized carbons (Fsp3) is 0.294. The number of benzene rings is 2. The summed E-state index contributed by atoms with van der Waals surface area (Å²) in [6.07, 6.45) is 1.18. The first-order chi connectivity index (χ1) is 9.69. The summed E-state index contributed by atoms with van der Waals surface area (Å²) >= 11 is 6.15. The number of likely N-dealkylation sites (N-methyl/N-ethyl adjacent to an activating group) is 1. The van der Waals surface area contributed by atoms with Gasteiger partial charge < -0.3 is 10.1 Å². The molecule has 0 aromatic heterocycles. The van der Waals surface area contributed by atoms with Crippen molar-refractivity contribution in [3.8, 4) is 16.9 Å². The Balaban J connectivity index is 2.05. The van der Waals surface area contributed by atoms with Gasteiger partial charge in [-0.1, -0.05) is 35.9 Å². The molecule has 1 aliphatic rings. The Morgan fingerprint density at radius 1 is 1.25 bits per heavy atom. The largest absolute Gasteiger partial charge is 0.488 e. The molecular formula is C17H18ClNO. The summed E-state index contributed by atoms with van der Waals surface area (Å²) in [5.41, 5.74) is 4.78. The van der Waals surface area contributed by atoms with Crippen LogP contribution in [0.3, 0.4) is 0 Å². The van der Waals surface area contributed by atoms with E-state index in [0.29, 0.717) is 0 Å². The highest BCUT2D eigenvalue weighted by Crippen LogP contribution is 2.40. The molecule has 1 aliphatic heterocycles. The van der Waals surface area contributed by atoms with Gasteiger partial charge in [0.25, 0.3) is 0 Å². The number of ether oxygens (including phenoxy) is 1. The number of para-hydroxylation sites is 1. The van der Waals surface area contributed by atoms with Crippen LogP contribution in [0.25, 0.3) is 11.1 Å². The van der Waals surface area contributed by atoms with Gasteiger partial charge in [-0.15, -0.1) is 0 Å². The molecule has 0 saturated carbocycles. The SMILES string of the molecule is CNCC1Cc2cccc(-c3cc(Cl)ccc3C)c2O1. The predicted octanol–water partition coefficient (Wildman–Crippen LogP) is 3.84. The zero-order chi connectivity index (χ0) is 14.1. The van der Waals surface area contributed by atoms with Crippen molar-refractivity contribution >= 4 is 11.6 Å². The minimum Gasteiger partial charge on any atom is -0.488 e. The lowest BCUT2D eigenvalue weighted by molar-refractivity contribution is 0.232. The van der Waals surface area contributed by atoms with Gasteiger partial charge in [0.2, 0.25) is 0 Å². The van der Waals surface area contributed by atoms with Crippen molar-refractivity contribution in [2.75, 3.05) is 13.6 Å². The molecule has 20 heavy (non-hydrogen) atoms. The quantitative estimate of drug-likeness (QED) is 0.926. The van der Waals surface area contributed by atoms with Gasteiger partial charge in [0.15, 0.2) is 0 Å². The molecule has 0 amide bonds. The maximum Gasteiger partial charge on any atom is 0.130 e. The van der Waals surface area contributed by atoms with Crippen molar-refractivity contribution in [1.82, 2.24) is 5.32 Å². The van der Waals surface area contributed by atoms with Gasteiger partial charge in [-0.25, -0.2) is 0 Å². The van der Waals surface area contributed by atoms with Crippen LogP contribution in [0.2, 0.25) is 5.02 Å². The second-order valence-corrected chi connectivity index (χ2v) is 5.69. The van der Waals surface area contributed by atoms with Gasteiger partial charge in [-0.05, 0) is 42.8 Å². The van der Waals surface area contributed by atoms with Gasteiger partial charge in [0, 0.05) is 23.6 Å². The Bertz CT molecular complexity index is 639. The molecule has 0 spiro atoms. The summed E-state index contributed by atoms with van der Waals surface area (Å²) in [5, 5.41) is 3.94. The van der Waals surface area contributed by atoms with E-state index in [4.69, 9.17) is 16.3 Å². The number of rotatable bonds is 3. The molecule has 0 saturated heterocycles. The topological polar surface area (TPSA) is 21.3 Å². The molecule has 0 bridgehead atoms. The number of hydrogen-bond donors (Lipinski definition) is 1. The minimum absolute atomic E-state index is 0.218. The van der Waals surface area contributed by atoms with Crippen LogP contribution in [0.5, 0.6) is 5.75 Å². The number of aryl methyl sites for hydroxylation is 1. The molecule has 2 nitrogen and oxygen atoms in total. The first kappa shape index (κ1) is 13.5. The molecule has 2 aromatic carbocycles. The summed E-state index contributed by atoms with van der Waals surface area (Å²) in [6.45, 7) is 2.97. The van der Waals surface area contributed by atoms with Crippen LogP contribution in [0, 0.1) is 6.92 Å². The Kier molecular flexibility index (Phi) is 3.68. The van der Waals surface area contributed by atoms with Crippen LogP contribution in [-0.4, -0.2) is 19.7 Å². The second kappa shape index (κ2) is 5.47. The molecule has 0 fully saturated rings. The highest BCUT2D eigenvalue weighted by Gasteiger charge is 2.25. The van der Waals surface area contributed by atoms with Crippen molar-refractivity contribution in [1.29, 1.82) is 0 Å².